The maximum absolute atomic E-state index is 13.1. The lowest BCUT2D eigenvalue weighted by molar-refractivity contribution is -0.132. The van der Waals surface area contributed by atoms with Crippen LogP contribution in [0.25, 0.3) is 5.76 Å². The van der Waals surface area contributed by atoms with E-state index in [0.29, 0.717) is 11.3 Å². The van der Waals surface area contributed by atoms with Crippen molar-refractivity contribution in [2.45, 2.75) is 6.04 Å². The van der Waals surface area contributed by atoms with Crippen LogP contribution in [-0.2, 0) is 9.59 Å². The summed E-state index contributed by atoms with van der Waals surface area (Å²) in [6.07, 6.45) is 3.06. The van der Waals surface area contributed by atoms with Gasteiger partial charge in [0, 0.05) is 12.4 Å². The molecule has 1 aliphatic rings. The van der Waals surface area contributed by atoms with Gasteiger partial charge in [0.25, 0.3) is 11.7 Å². The molecule has 2 aromatic carbocycles. The average Bonchev–Trinajstić information content (AvgIpc) is 3.05. The van der Waals surface area contributed by atoms with E-state index in [2.05, 4.69) is 4.98 Å². The van der Waals surface area contributed by atoms with Crippen molar-refractivity contribution in [3.8, 4) is 11.5 Å². The van der Waals surface area contributed by atoms with E-state index in [0.717, 1.165) is 0 Å². The highest BCUT2D eigenvalue weighted by Crippen LogP contribution is 2.45. The standard InChI is InChI=1S/C23H18N2O5/c1-30-18-9-5-2-6-15(18)21(27)19-20(14-10-12-24-13-11-14)25(23(29)22(19)28)16-7-3-4-8-17(16)26/h2-13,20,26-27H,1H3/b21-19-. The SMILES string of the molecule is COc1ccccc1/C(O)=C1/C(=O)C(=O)N(c2ccccc2O)C1c1ccncc1. The Hall–Kier alpha value is -4.13. The van der Waals surface area contributed by atoms with Gasteiger partial charge >= 0.3 is 0 Å². The highest BCUT2D eigenvalue weighted by Gasteiger charge is 2.47. The zero-order valence-electron chi connectivity index (χ0n) is 16.0. The third-order valence-corrected chi connectivity index (χ3v) is 4.97. The number of carbonyl (C=O) groups is 2. The van der Waals surface area contributed by atoms with Crippen LogP contribution in [0.5, 0.6) is 11.5 Å². The number of hydrogen-bond donors (Lipinski definition) is 2. The minimum atomic E-state index is -0.953. The Bertz CT molecular complexity index is 1160. The van der Waals surface area contributed by atoms with E-state index >= 15 is 0 Å². The van der Waals surface area contributed by atoms with Crippen LogP contribution in [0.1, 0.15) is 17.2 Å². The van der Waals surface area contributed by atoms with Crippen molar-refractivity contribution in [3.63, 3.8) is 0 Å². The second-order valence-electron chi connectivity index (χ2n) is 6.64. The van der Waals surface area contributed by atoms with E-state index in [1.54, 1.807) is 48.5 Å². The Morgan fingerprint density at radius 2 is 1.67 bits per heavy atom. The van der Waals surface area contributed by atoms with Gasteiger partial charge in [-0.25, -0.2) is 0 Å². The number of phenols is 1. The second-order valence-corrected chi connectivity index (χ2v) is 6.64. The van der Waals surface area contributed by atoms with Crippen molar-refractivity contribution in [1.82, 2.24) is 4.98 Å². The van der Waals surface area contributed by atoms with E-state index in [1.165, 1.54) is 36.5 Å². The first-order valence-corrected chi connectivity index (χ1v) is 9.17. The van der Waals surface area contributed by atoms with Crippen molar-refractivity contribution < 1.29 is 24.5 Å². The molecule has 0 radical (unpaired) electrons. The first kappa shape index (κ1) is 19.2. The molecular formula is C23H18N2O5. The Morgan fingerprint density at radius 3 is 2.37 bits per heavy atom. The number of aromatic nitrogens is 1. The predicted molar refractivity (Wildman–Crippen MR) is 110 cm³/mol. The van der Waals surface area contributed by atoms with Crippen molar-refractivity contribution in [1.29, 1.82) is 0 Å². The molecule has 1 fully saturated rings. The summed E-state index contributed by atoms with van der Waals surface area (Å²) < 4.78 is 5.31. The number of aromatic hydroxyl groups is 1. The number of amides is 1. The van der Waals surface area contributed by atoms with Gasteiger partial charge in [-0.2, -0.15) is 0 Å². The molecular weight excluding hydrogens is 384 g/mol. The highest BCUT2D eigenvalue weighted by molar-refractivity contribution is 6.52. The number of Topliss-reactive ketones (excluding diaryl/α,β-unsaturated/α-hetero) is 1. The first-order chi connectivity index (χ1) is 14.5. The summed E-state index contributed by atoms with van der Waals surface area (Å²) in [5.41, 5.74) is 0.915. The minimum absolute atomic E-state index is 0.0982. The predicted octanol–water partition coefficient (Wildman–Crippen LogP) is 3.42. The molecule has 0 saturated carbocycles. The molecule has 1 amide bonds. The molecule has 0 spiro atoms. The number of pyridine rings is 1. The molecule has 1 aromatic heterocycles. The number of methoxy groups -OCH3 is 1. The Morgan fingerprint density at radius 1 is 1.00 bits per heavy atom. The number of carbonyl (C=O) groups excluding carboxylic acids is 2. The highest BCUT2D eigenvalue weighted by atomic mass is 16.5. The van der Waals surface area contributed by atoms with Crippen LogP contribution in [0.4, 0.5) is 5.69 Å². The molecule has 1 aliphatic heterocycles. The zero-order chi connectivity index (χ0) is 21.3. The van der Waals surface area contributed by atoms with Crippen molar-refractivity contribution in [2.75, 3.05) is 12.0 Å². The van der Waals surface area contributed by atoms with Crippen LogP contribution in [0, 0.1) is 0 Å². The summed E-state index contributed by atoms with van der Waals surface area (Å²) in [5, 5.41) is 21.5. The van der Waals surface area contributed by atoms with Crippen LogP contribution in [-0.4, -0.2) is 34.0 Å². The fourth-order valence-electron chi connectivity index (χ4n) is 3.60. The van der Waals surface area contributed by atoms with Gasteiger partial charge in [-0.3, -0.25) is 19.5 Å². The molecule has 4 rings (SSSR count). The van der Waals surface area contributed by atoms with Crippen molar-refractivity contribution in [3.05, 3.63) is 89.8 Å². The maximum Gasteiger partial charge on any atom is 0.300 e. The number of aliphatic hydroxyl groups excluding tert-OH is 1. The first-order valence-electron chi connectivity index (χ1n) is 9.17. The third kappa shape index (κ3) is 3.06. The van der Waals surface area contributed by atoms with Gasteiger partial charge in [0.05, 0.1) is 30.0 Å². The summed E-state index contributed by atoms with van der Waals surface area (Å²) in [6, 6.07) is 15.3. The Labute approximate surface area is 172 Å². The topological polar surface area (TPSA) is 100.0 Å². The monoisotopic (exact) mass is 402 g/mol. The van der Waals surface area contributed by atoms with Gasteiger partial charge < -0.3 is 14.9 Å². The number of benzene rings is 2. The van der Waals surface area contributed by atoms with E-state index in [-0.39, 0.29) is 28.3 Å². The van der Waals surface area contributed by atoms with E-state index in [9.17, 15) is 19.8 Å². The number of hydrogen-bond acceptors (Lipinski definition) is 6. The normalized spacial score (nSPS) is 17.9. The molecule has 0 bridgehead atoms. The van der Waals surface area contributed by atoms with Crippen molar-refractivity contribution in [2.24, 2.45) is 0 Å². The Kier molecular flexibility index (Phi) is 4.93. The molecule has 7 nitrogen and oxygen atoms in total. The Balaban J connectivity index is 1.99. The smallest absolute Gasteiger partial charge is 0.300 e. The zero-order valence-corrected chi connectivity index (χ0v) is 16.0. The molecule has 7 heteroatoms. The van der Waals surface area contributed by atoms with Gasteiger partial charge in [0.2, 0.25) is 0 Å². The van der Waals surface area contributed by atoms with Crippen LogP contribution in [0.2, 0.25) is 0 Å². The molecule has 0 aliphatic carbocycles. The van der Waals surface area contributed by atoms with Gasteiger partial charge in [-0.05, 0) is 42.0 Å². The van der Waals surface area contributed by atoms with Crippen LogP contribution < -0.4 is 9.64 Å². The van der Waals surface area contributed by atoms with E-state index in [1.807, 2.05) is 0 Å². The quantitative estimate of drug-likeness (QED) is 0.394. The average molecular weight is 402 g/mol. The van der Waals surface area contributed by atoms with Crippen LogP contribution >= 0.6 is 0 Å². The molecule has 1 saturated heterocycles. The van der Waals surface area contributed by atoms with Gasteiger partial charge in [0.1, 0.15) is 17.3 Å². The molecule has 150 valence electrons. The molecule has 1 unspecified atom stereocenters. The van der Waals surface area contributed by atoms with Crippen molar-refractivity contribution >= 4 is 23.1 Å². The number of nitrogens with zero attached hydrogens (tertiary/aromatic N) is 2. The summed E-state index contributed by atoms with van der Waals surface area (Å²) in [4.78, 5) is 31.2. The third-order valence-electron chi connectivity index (χ3n) is 4.97. The lowest BCUT2D eigenvalue weighted by Crippen LogP contribution is -2.29. The number of ether oxygens (including phenoxy) is 1. The second kappa shape index (κ2) is 7.71. The van der Waals surface area contributed by atoms with Gasteiger partial charge in [0.15, 0.2) is 0 Å². The summed E-state index contributed by atoms with van der Waals surface area (Å²) in [5.74, 6) is -1.86. The number of ketones is 1. The number of rotatable bonds is 4. The maximum atomic E-state index is 13.1. The van der Waals surface area contributed by atoms with E-state index in [4.69, 9.17) is 4.74 Å². The molecule has 2 N–H and O–H groups in total. The van der Waals surface area contributed by atoms with Gasteiger partial charge in [-0.15, -0.1) is 0 Å². The fraction of sp³-hybridized carbons (Fsp3) is 0.0870. The van der Waals surface area contributed by atoms with E-state index < -0.39 is 17.7 Å². The molecule has 30 heavy (non-hydrogen) atoms. The number of phenolic OH excluding ortho intramolecular Hbond substituents is 1. The number of para-hydroxylation sites is 3. The number of anilines is 1. The molecule has 2 heterocycles. The molecule has 3 aromatic rings. The summed E-state index contributed by atoms with van der Waals surface area (Å²) >= 11 is 0. The minimum Gasteiger partial charge on any atom is -0.507 e. The molecule has 1 atom stereocenters. The number of aliphatic hydroxyl groups is 1. The summed E-state index contributed by atoms with van der Waals surface area (Å²) in [7, 11) is 1.45. The van der Waals surface area contributed by atoms with Crippen LogP contribution in [0.15, 0.2) is 78.6 Å². The summed E-state index contributed by atoms with van der Waals surface area (Å²) in [6.45, 7) is 0. The fourth-order valence-corrected chi connectivity index (χ4v) is 3.60. The van der Waals surface area contributed by atoms with Crippen LogP contribution in [0.3, 0.4) is 0 Å². The van der Waals surface area contributed by atoms with Gasteiger partial charge in [-0.1, -0.05) is 24.3 Å². The largest absolute Gasteiger partial charge is 0.507 e. The lowest BCUT2D eigenvalue weighted by atomic mass is 9.95. The lowest BCUT2D eigenvalue weighted by Gasteiger charge is -2.26.